The molecule has 2 aliphatic heterocycles. The minimum atomic E-state index is -0.569. The van der Waals surface area contributed by atoms with Crippen LogP contribution in [0.2, 0.25) is 0 Å². The molecule has 8 nitrogen and oxygen atoms in total. The lowest BCUT2D eigenvalue weighted by molar-refractivity contribution is -0.138. The van der Waals surface area contributed by atoms with Gasteiger partial charge in [-0.1, -0.05) is 19.1 Å². The van der Waals surface area contributed by atoms with Gasteiger partial charge in [-0.05, 0) is 67.3 Å². The molecule has 2 heterocycles. The molecule has 0 saturated heterocycles. The molecule has 1 aliphatic carbocycles. The average Bonchev–Trinajstić information content (AvgIpc) is 3.43. The maximum Gasteiger partial charge on any atom is 0.336 e. The topological polar surface area (TPSA) is 92.3 Å². The molecule has 0 amide bonds. The number of ether oxygens (including phenoxy) is 5. The van der Waals surface area contributed by atoms with Gasteiger partial charge in [0.15, 0.2) is 28.8 Å². The summed E-state index contributed by atoms with van der Waals surface area (Å²) < 4.78 is 28.1. The van der Waals surface area contributed by atoms with E-state index < -0.39 is 11.9 Å². The van der Waals surface area contributed by atoms with Crippen LogP contribution >= 0.6 is 11.8 Å². The first-order valence-electron chi connectivity index (χ1n) is 13.6. The Bertz CT molecular complexity index is 1370. The predicted octanol–water partition coefficient (Wildman–Crippen LogP) is 5.48. The zero-order valence-corrected chi connectivity index (χ0v) is 24.2. The molecule has 0 aromatic heterocycles. The van der Waals surface area contributed by atoms with Crippen LogP contribution in [0.3, 0.4) is 0 Å². The summed E-state index contributed by atoms with van der Waals surface area (Å²) in [6.07, 6.45) is 0.930. The molecular formula is C31H35NO7S. The third kappa shape index (κ3) is 5.52. The number of carbonyl (C=O) groups is 2. The molecule has 40 heavy (non-hydrogen) atoms. The zero-order chi connectivity index (χ0) is 28.2. The molecule has 5 rings (SSSR count). The fourth-order valence-electron chi connectivity index (χ4n) is 5.60. The minimum absolute atomic E-state index is 0.00592. The smallest absolute Gasteiger partial charge is 0.336 e. The van der Waals surface area contributed by atoms with Crippen molar-refractivity contribution in [2.75, 3.05) is 38.6 Å². The van der Waals surface area contributed by atoms with Gasteiger partial charge in [-0.15, -0.1) is 0 Å². The highest BCUT2D eigenvalue weighted by atomic mass is 32.2. The summed E-state index contributed by atoms with van der Waals surface area (Å²) in [6.45, 7) is 6.85. The Balaban J connectivity index is 1.50. The highest BCUT2D eigenvalue weighted by molar-refractivity contribution is 7.99. The van der Waals surface area contributed by atoms with Crippen molar-refractivity contribution in [1.29, 1.82) is 0 Å². The molecule has 0 saturated carbocycles. The number of allylic oxidation sites excluding steroid dienone is 3. The second kappa shape index (κ2) is 12.3. The Hall–Kier alpha value is -3.59. The van der Waals surface area contributed by atoms with Gasteiger partial charge in [0, 0.05) is 35.1 Å². The molecule has 2 atom stereocenters. The van der Waals surface area contributed by atoms with Crippen LogP contribution in [0.1, 0.15) is 56.6 Å². The standard InChI is InChI=1S/C31H35NO7S/c1-5-36-24-9-7-19(15-26(24)35-4)21-13-22-30(23(33)14-21)29(20-8-10-25-27(16-20)39-17-38-25)28(18(3)32-22)31(34)37-11-12-40-6-2/h7-10,15-16,21,29,32H,5-6,11-14,17H2,1-4H3/t21-,29-/m0/s1. The molecular weight excluding hydrogens is 530 g/mol. The van der Waals surface area contributed by atoms with Gasteiger partial charge in [-0.3, -0.25) is 4.79 Å². The Morgan fingerprint density at radius 2 is 1.85 bits per heavy atom. The Kier molecular flexibility index (Phi) is 8.59. The van der Waals surface area contributed by atoms with Gasteiger partial charge in [-0.2, -0.15) is 11.8 Å². The van der Waals surface area contributed by atoms with Crippen molar-refractivity contribution in [3.63, 3.8) is 0 Å². The van der Waals surface area contributed by atoms with Crippen molar-refractivity contribution in [2.24, 2.45) is 0 Å². The van der Waals surface area contributed by atoms with E-state index in [1.54, 1.807) is 18.9 Å². The van der Waals surface area contributed by atoms with Crippen LogP contribution in [0.25, 0.3) is 0 Å². The summed E-state index contributed by atoms with van der Waals surface area (Å²) in [5.41, 5.74) is 4.37. The third-order valence-electron chi connectivity index (χ3n) is 7.40. The lowest BCUT2D eigenvalue weighted by Gasteiger charge is -2.36. The Morgan fingerprint density at radius 1 is 1.05 bits per heavy atom. The van der Waals surface area contributed by atoms with E-state index in [9.17, 15) is 9.59 Å². The number of rotatable bonds is 10. The summed E-state index contributed by atoms with van der Waals surface area (Å²) in [4.78, 5) is 27.4. The van der Waals surface area contributed by atoms with Crippen LogP contribution in [0.5, 0.6) is 23.0 Å². The number of nitrogens with one attached hydrogen (secondary N) is 1. The first-order valence-corrected chi connectivity index (χ1v) is 14.8. The van der Waals surface area contributed by atoms with Crippen LogP contribution in [0.15, 0.2) is 58.9 Å². The van der Waals surface area contributed by atoms with E-state index in [4.69, 9.17) is 23.7 Å². The predicted molar refractivity (Wildman–Crippen MR) is 153 cm³/mol. The van der Waals surface area contributed by atoms with E-state index in [0.717, 1.165) is 28.3 Å². The number of hydrogen-bond acceptors (Lipinski definition) is 9. The van der Waals surface area contributed by atoms with E-state index in [1.807, 2.05) is 50.2 Å². The lowest BCUT2D eigenvalue weighted by Crippen LogP contribution is -2.36. The number of hydrogen-bond donors (Lipinski definition) is 1. The van der Waals surface area contributed by atoms with Crippen molar-refractivity contribution in [3.05, 3.63) is 70.1 Å². The van der Waals surface area contributed by atoms with E-state index in [1.165, 1.54) is 0 Å². The molecule has 2 aromatic rings. The molecule has 3 aliphatic rings. The van der Waals surface area contributed by atoms with E-state index >= 15 is 0 Å². The van der Waals surface area contributed by atoms with Crippen LogP contribution in [-0.2, 0) is 14.3 Å². The van der Waals surface area contributed by atoms with Gasteiger partial charge in [0.1, 0.15) is 6.61 Å². The molecule has 212 valence electrons. The summed E-state index contributed by atoms with van der Waals surface area (Å²) in [6, 6.07) is 11.4. The summed E-state index contributed by atoms with van der Waals surface area (Å²) >= 11 is 1.71. The monoisotopic (exact) mass is 565 g/mol. The number of carbonyl (C=O) groups excluding carboxylic acids is 2. The maximum absolute atomic E-state index is 13.9. The number of ketones is 1. The second-order valence-electron chi connectivity index (χ2n) is 9.81. The Labute approximate surface area is 239 Å². The number of Topliss-reactive ketones (excluding diaryl/α,β-unsaturated/α-hetero) is 1. The fraction of sp³-hybridized carbons (Fsp3) is 0.419. The largest absolute Gasteiger partial charge is 0.493 e. The summed E-state index contributed by atoms with van der Waals surface area (Å²) in [7, 11) is 1.61. The van der Waals surface area contributed by atoms with Gasteiger partial charge in [0.25, 0.3) is 0 Å². The van der Waals surface area contributed by atoms with Crippen molar-refractivity contribution >= 4 is 23.5 Å². The molecule has 0 bridgehead atoms. The molecule has 0 fully saturated rings. The summed E-state index contributed by atoms with van der Waals surface area (Å²) in [5.74, 6) is 3.20. The van der Waals surface area contributed by atoms with Gasteiger partial charge < -0.3 is 29.0 Å². The van der Waals surface area contributed by atoms with E-state index in [-0.39, 0.29) is 18.5 Å². The summed E-state index contributed by atoms with van der Waals surface area (Å²) in [5, 5.41) is 3.41. The highest BCUT2D eigenvalue weighted by Crippen LogP contribution is 2.48. The number of benzene rings is 2. The molecule has 2 aromatic carbocycles. The molecule has 0 unspecified atom stereocenters. The average molecular weight is 566 g/mol. The van der Waals surface area contributed by atoms with E-state index in [0.29, 0.717) is 65.9 Å². The lowest BCUT2D eigenvalue weighted by atomic mass is 9.71. The second-order valence-corrected chi connectivity index (χ2v) is 11.2. The number of fused-ring (bicyclic) bond motifs is 1. The quantitative estimate of drug-likeness (QED) is 0.297. The van der Waals surface area contributed by atoms with Crippen LogP contribution in [0.4, 0.5) is 0 Å². The number of esters is 1. The zero-order valence-electron chi connectivity index (χ0n) is 23.3. The maximum atomic E-state index is 13.9. The van der Waals surface area contributed by atoms with Crippen LogP contribution < -0.4 is 24.3 Å². The molecule has 1 N–H and O–H groups in total. The minimum Gasteiger partial charge on any atom is -0.493 e. The molecule has 0 radical (unpaired) electrons. The van der Waals surface area contributed by atoms with Gasteiger partial charge in [-0.25, -0.2) is 4.79 Å². The van der Waals surface area contributed by atoms with Crippen LogP contribution in [-0.4, -0.2) is 50.4 Å². The van der Waals surface area contributed by atoms with Crippen molar-refractivity contribution < 1.29 is 33.3 Å². The normalized spacial score (nSPS) is 19.8. The fourth-order valence-corrected chi connectivity index (χ4v) is 6.09. The van der Waals surface area contributed by atoms with Crippen LogP contribution in [0, 0.1) is 0 Å². The van der Waals surface area contributed by atoms with Crippen molar-refractivity contribution in [2.45, 2.75) is 45.4 Å². The SMILES string of the molecule is CCOc1ccc([C@@H]2CC(=O)C3=C(C2)NC(C)=C(C(=O)OCCSCC)[C@@H]3c2ccc3c(c2)OCO3)cc1OC. The van der Waals surface area contributed by atoms with Crippen molar-refractivity contribution in [1.82, 2.24) is 5.32 Å². The third-order valence-corrected chi connectivity index (χ3v) is 8.26. The number of thioether (sulfide) groups is 1. The molecule has 9 heteroatoms. The van der Waals surface area contributed by atoms with E-state index in [2.05, 4.69) is 12.2 Å². The number of methoxy groups -OCH3 is 1. The Morgan fingerprint density at radius 3 is 2.62 bits per heavy atom. The molecule has 0 spiro atoms. The first-order chi connectivity index (χ1) is 19.4. The van der Waals surface area contributed by atoms with Crippen molar-refractivity contribution in [3.8, 4) is 23.0 Å². The van der Waals surface area contributed by atoms with Gasteiger partial charge >= 0.3 is 5.97 Å². The van der Waals surface area contributed by atoms with Gasteiger partial charge in [0.05, 0.1) is 19.3 Å². The number of dihydropyridines is 1. The highest BCUT2D eigenvalue weighted by Gasteiger charge is 2.42. The van der Waals surface area contributed by atoms with Gasteiger partial charge in [0.2, 0.25) is 6.79 Å². The first kappa shape index (κ1) is 28.0.